The lowest BCUT2D eigenvalue weighted by atomic mass is 10.0. The van der Waals surface area contributed by atoms with Gasteiger partial charge < -0.3 is 28.4 Å². The zero-order valence-electron chi connectivity index (χ0n) is 32.8. The van der Waals surface area contributed by atoms with Crippen LogP contribution in [0.25, 0.3) is 0 Å². The first-order chi connectivity index (χ1) is 31.0. The highest BCUT2D eigenvalue weighted by Gasteiger charge is 2.11. The van der Waals surface area contributed by atoms with Crippen molar-refractivity contribution in [3.05, 3.63) is 179 Å². The standard InChI is InChI=1S/C45H30N12O6/c1-13-34-14-2-28(1)25-29-3-15-35(16-4-29)59-42-50-52-43(53-51-42)61-37-19-7-32(8-20-37)27-33-11-23-39(24-12-33)63-45-56-54-44(55-57-45)62-38-21-9-31(10-22-38)26-30-5-17-36(18-6-30)60-41-48-46-40(58-34)47-49-41/h1-24H,25-27H2. The fourth-order valence-electron chi connectivity index (χ4n) is 6.27. The highest BCUT2D eigenvalue weighted by Crippen LogP contribution is 2.26. The molecule has 0 saturated carbocycles. The quantitative estimate of drug-likeness (QED) is 0.141. The minimum absolute atomic E-state index is 0.0193. The van der Waals surface area contributed by atoms with Crippen molar-refractivity contribution < 1.29 is 28.4 Å². The Morgan fingerprint density at radius 3 is 0.444 bits per heavy atom. The number of nitrogens with zero attached hydrogens (tertiary/aromatic N) is 12. The van der Waals surface area contributed by atoms with Crippen LogP contribution < -0.4 is 28.4 Å². The number of hydrogen-bond acceptors (Lipinski definition) is 18. The summed E-state index contributed by atoms with van der Waals surface area (Å²) < 4.78 is 34.6. The van der Waals surface area contributed by atoms with E-state index in [2.05, 4.69) is 61.2 Å². The molecule has 18 bridgehead atoms. The summed E-state index contributed by atoms with van der Waals surface area (Å²) in [4.78, 5) is 0. The number of ether oxygens (including phenoxy) is 6. The van der Waals surface area contributed by atoms with Crippen LogP contribution in [-0.4, -0.2) is 61.2 Å². The Balaban J connectivity index is 0.830. The lowest BCUT2D eigenvalue weighted by molar-refractivity contribution is 0.381. The Morgan fingerprint density at radius 1 is 0.190 bits per heavy atom. The van der Waals surface area contributed by atoms with Gasteiger partial charge in [-0.2, -0.15) is 0 Å². The van der Waals surface area contributed by atoms with Crippen molar-refractivity contribution in [3.8, 4) is 70.6 Å². The largest absolute Gasteiger partial charge is 0.422 e. The first kappa shape index (κ1) is 38.2. The molecule has 63 heavy (non-hydrogen) atoms. The van der Waals surface area contributed by atoms with Gasteiger partial charge in [0.05, 0.1) is 0 Å². The normalized spacial score (nSPS) is 12.4. The molecule has 0 radical (unpaired) electrons. The maximum atomic E-state index is 5.76. The number of aromatic nitrogens is 12. The van der Waals surface area contributed by atoms with Crippen molar-refractivity contribution in [2.45, 2.75) is 19.3 Å². The van der Waals surface area contributed by atoms with Crippen molar-refractivity contribution in [3.63, 3.8) is 0 Å². The Kier molecular flexibility index (Phi) is 10.7. The summed E-state index contributed by atoms with van der Waals surface area (Å²) in [6, 6.07) is 45.2. The van der Waals surface area contributed by atoms with Crippen molar-refractivity contribution in [1.29, 1.82) is 0 Å². The van der Waals surface area contributed by atoms with Crippen molar-refractivity contribution in [1.82, 2.24) is 61.2 Å². The van der Waals surface area contributed by atoms with E-state index in [1.54, 1.807) is 0 Å². The molecular formula is C45H30N12O6. The molecule has 21 heterocycles. The summed E-state index contributed by atoms with van der Waals surface area (Å²) in [6.07, 6.45) is 2.02. The van der Waals surface area contributed by atoms with E-state index < -0.39 is 0 Å². The molecule has 0 saturated heterocycles. The monoisotopic (exact) mass is 834 g/mol. The Hall–Kier alpha value is -9.06. The first-order valence-electron chi connectivity index (χ1n) is 19.4. The lowest BCUT2D eigenvalue weighted by Gasteiger charge is -2.08. The maximum absolute atomic E-state index is 5.76. The van der Waals surface area contributed by atoms with Gasteiger partial charge in [-0.25, -0.2) is 0 Å². The summed E-state index contributed by atoms with van der Waals surface area (Å²) in [5.41, 5.74) is 6.37. The molecule has 18 heteroatoms. The molecule has 306 valence electrons. The van der Waals surface area contributed by atoms with Gasteiger partial charge in [-0.1, -0.05) is 134 Å². The molecule has 0 fully saturated rings. The van der Waals surface area contributed by atoms with Crippen LogP contribution in [0.4, 0.5) is 0 Å². The van der Waals surface area contributed by atoms with E-state index >= 15 is 0 Å². The summed E-state index contributed by atoms with van der Waals surface area (Å²) in [6.45, 7) is 0. The molecule has 0 aliphatic carbocycles. The minimum atomic E-state index is -0.0193. The smallest absolute Gasteiger partial charge is 0.360 e. The molecule has 18 aliphatic heterocycles. The van der Waals surface area contributed by atoms with Crippen LogP contribution in [0.15, 0.2) is 146 Å². The molecule has 18 aliphatic rings. The van der Waals surface area contributed by atoms with Gasteiger partial charge in [0, 0.05) is 0 Å². The third-order valence-corrected chi connectivity index (χ3v) is 9.35. The van der Waals surface area contributed by atoms with Crippen LogP contribution in [0.3, 0.4) is 0 Å². The molecule has 3 aromatic heterocycles. The molecule has 27 rings (SSSR count). The van der Waals surface area contributed by atoms with Gasteiger partial charge in [0.2, 0.25) is 0 Å². The molecule has 0 spiro atoms. The second-order valence-electron chi connectivity index (χ2n) is 13.9. The van der Waals surface area contributed by atoms with Crippen LogP contribution in [0.2, 0.25) is 0 Å². The highest BCUT2D eigenvalue weighted by molar-refractivity contribution is 5.38. The minimum Gasteiger partial charge on any atom is -0.422 e. The first-order valence-corrected chi connectivity index (χ1v) is 19.4. The third-order valence-electron chi connectivity index (χ3n) is 9.35. The zero-order valence-corrected chi connectivity index (χ0v) is 32.8. The zero-order chi connectivity index (χ0) is 42.2. The maximum Gasteiger partial charge on any atom is 0.360 e. The second-order valence-corrected chi connectivity index (χ2v) is 13.9. The molecule has 0 atom stereocenters. The molecule has 0 unspecified atom stereocenters. The summed E-state index contributed by atoms with van der Waals surface area (Å²) >= 11 is 0. The van der Waals surface area contributed by atoms with Gasteiger partial charge in [0.25, 0.3) is 0 Å². The Labute approximate surface area is 357 Å². The molecule has 18 nitrogen and oxygen atoms in total. The van der Waals surface area contributed by atoms with Gasteiger partial charge >= 0.3 is 36.1 Å². The van der Waals surface area contributed by atoms with E-state index in [1.807, 2.05) is 146 Å². The number of hydrogen-bond donors (Lipinski definition) is 0. The van der Waals surface area contributed by atoms with Crippen LogP contribution in [0.1, 0.15) is 33.4 Å². The molecule has 9 aromatic rings. The SMILES string of the molecule is c1cc2ccc1Cc1ccc(cc1)Oc1nnc(nn1)Oc1ccc(cc1)Cc1ccc(cc1)Oc1nnc(nn1)Oc1ccc(cc1)Cc1ccc(cc1)Oc1nnc(nn1)O2. The molecule has 0 amide bonds. The van der Waals surface area contributed by atoms with E-state index in [-0.39, 0.29) is 36.1 Å². The molecule has 6 aromatic carbocycles. The van der Waals surface area contributed by atoms with Crippen LogP contribution in [-0.2, 0) is 19.3 Å². The Bertz CT molecular complexity index is 2080. The highest BCUT2D eigenvalue weighted by atomic mass is 16.5. The van der Waals surface area contributed by atoms with Crippen LogP contribution in [0.5, 0.6) is 70.6 Å². The second kappa shape index (κ2) is 17.7. The van der Waals surface area contributed by atoms with Crippen molar-refractivity contribution in [2.24, 2.45) is 0 Å². The van der Waals surface area contributed by atoms with E-state index in [0.717, 1.165) is 33.4 Å². The van der Waals surface area contributed by atoms with Crippen LogP contribution in [0, 0.1) is 0 Å². The fourth-order valence-corrected chi connectivity index (χ4v) is 6.27. The predicted octanol–water partition coefficient (Wildman–Crippen LogP) is 8.27. The van der Waals surface area contributed by atoms with E-state index in [4.69, 9.17) is 28.4 Å². The predicted molar refractivity (Wildman–Crippen MR) is 220 cm³/mol. The van der Waals surface area contributed by atoms with Gasteiger partial charge in [-0.15, -0.1) is 0 Å². The molecule has 0 N–H and O–H groups in total. The van der Waals surface area contributed by atoms with Crippen molar-refractivity contribution >= 4 is 0 Å². The van der Waals surface area contributed by atoms with Gasteiger partial charge in [0.1, 0.15) is 34.5 Å². The van der Waals surface area contributed by atoms with Gasteiger partial charge in [0.15, 0.2) is 0 Å². The third kappa shape index (κ3) is 10.0. The number of rotatable bonds is 0. The summed E-state index contributed by atoms with van der Waals surface area (Å²) in [5.74, 6) is 3.17. The topological polar surface area (TPSA) is 210 Å². The number of benzene rings is 6. The van der Waals surface area contributed by atoms with Gasteiger partial charge in [-0.3, -0.25) is 0 Å². The lowest BCUT2D eigenvalue weighted by Crippen LogP contribution is -2.00. The fraction of sp³-hybridized carbons (Fsp3) is 0.0667. The van der Waals surface area contributed by atoms with E-state index in [9.17, 15) is 0 Å². The van der Waals surface area contributed by atoms with E-state index in [1.165, 1.54) is 0 Å². The van der Waals surface area contributed by atoms with Gasteiger partial charge in [-0.05, 0) is 125 Å². The van der Waals surface area contributed by atoms with Crippen molar-refractivity contribution in [2.75, 3.05) is 0 Å². The van der Waals surface area contributed by atoms with Crippen LogP contribution >= 0.6 is 0 Å². The summed E-state index contributed by atoms with van der Waals surface area (Å²) in [5, 5.41) is 48.2. The molecular weight excluding hydrogens is 805 g/mol. The average Bonchev–Trinajstić information content (AvgIpc) is 3.32. The Morgan fingerprint density at radius 2 is 0.317 bits per heavy atom. The summed E-state index contributed by atoms with van der Waals surface area (Å²) in [7, 11) is 0. The average molecular weight is 835 g/mol. The van der Waals surface area contributed by atoms with E-state index in [0.29, 0.717) is 53.8 Å².